The van der Waals surface area contributed by atoms with Gasteiger partial charge >= 0.3 is 11.9 Å². The van der Waals surface area contributed by atoms with Crippen LogP contribution in [-0.4, -0.2) is 43.1 Å². The second-order valence-corrected chi connectivity index (χ2v) is 5.96. The summed E-state index contributed by atoms with van der Waals surface area (Å²) < 4.78 is 10.3. The molecule has 0 amide bonds. The minimum Gasteiger partial charge on any atom is -0.464 e. The lowest BCUT2D eigenvalue weighted by Crippen LogP contribution is -2.36. The maximum absolute atomic E-state index is 11.9. The molecule has 0 saturated carbocycles. The van der Waals surface area contributed by atoms with Gasteiger partial charge in [-0.15, -0.1) is 0 Å². The van der Waals surface area contributed by atoms with Crippen LogP contribution in [0.2, 0.25) is 0 Å². The van der Waals surface area contributed by atoms with E-state index in [4.69, 9.17) is 9.47 Å². The van der Waals surface area contributed by atoms with Crippen LogP contribution in [0.4, 0.5) is 0 Å². The molecule has 0 saturated heterocycles. The van der Waals surface area contributed by atoms with Crippen molar-refractivity contribution in [2.45, 2.75) is 65.7 Å². The van der Waals surface area contributed by atoms with Crippen molar-refractivity contribution in [1.29, 1.82) is 0 Å². The van der Waals surface area contributed by atoms with Gasteiger partial charge in [-0.25, -0.2) is 0 Å². The molecule has 0 aliphatic carbocycles. The summed E-state index contributed by atoms with van der Waals surface area (Å²) in [6.45, 7) is 7.52. The summed E-state index contributed by atoms with van der Waals surface area (Å²) in [4.78, 5) is 25.6. The highest BCUT2D eigenvalue weighted by Gasteiger charge is 2.15. The maximum atomic E-state index is 11.9. The SMILES string of the molecule is CC/C=C\CCOC(=O)CN(CCCC)CC(=O)OC=CCCCC. The largest absolute Gasteiger partial charge is 0.464 e. The molecule has 0 spiro atoms. The van der Waals surface area contributed by atoms with Crippen molar-refractivity contribution >= 4 is 11.9 Å². The molecule has 0 aromatic carbocycles. The number of carbonyl (C=O) groups is 2. The van der Waals surface area contributed by atoms with Crippen molar-refractivity contribution < 1.29 is 19.1 Å². The number of esters is 2. The van der Waals surface area contributed by atoms with E-state index in [9.17, 15) is 9.59 Å². The quantitative estimate of drug-likeness (QED) is 0.191. The normalized spacial score (nSPS) is 11.5. The molecule has 0 unspecified atom stereocenters. The van der Waals surface area contributed by atoms with Gasteiger partial charge in [0.2, 0.25) is 0 Å². The summed E-state index contributed by atoms with van der Waals surface area (Å²) in [7, 11) is 0. The molecule has 0 aromatic rings. The summed E-state index contributed by atoms with van der Waals surface area (Å²) in [6, 6.07) is 0. The lowest BCUT2D eigenvalue weighted by atomic mass is 10.2. The van der Waals surface area contributed by atoms with Crippen LogP contribution < -0.4 is 0 Å². The fourth-order valence-electron chi connectivity index (χ4n) is 2.08. The van der Waals surface area contributed by atoms with E-state index >= 15 is 0 Å². The van der Waals surface area contributed by atoms with Gasteiger partial charge in [0, 0.05) is 0 Å². The molecule has 0 aromatic heterocycles. The van der Waals surface area contributed by atoms with E-state index in [-0.39, 0.29) is 25.0 Å². The van der Waals surface area contributed by atoms with Crippen LogP contribution in [-0.2, 0) is 19.1 Å². The van der Waals surface area contributed by atoms with Crippen molar-refractivity contribution in [3.8, 4) is 0 Å². The van der Waals surface area contributed by atoms with Gasteiger partial charge in [-0.3, -0.25) is 14.5 Å². The zero-order chi connectivity index (χ0) is 18.8. The molecule has 0 N–H and O–H groups in total. The molecule has 0 rings (SSSR count). The second kappa shape index (κ2) is 17.2. The lowest BCUT2D eigenvalue weighted by Gasteiger charge is -2.19. The van der Waals surface area contributed by atoms with E-state index in [0.29, 0.717) is 13.2 Å². The molecule has 144 valence electrons. The number of unbranched alkanes of at least 4 members (excludes halogenated alkanes) is 3. The first kappa shape index (κ1) is 23.4. The highest BCUT2D eigenvalue weighted by molar-refractivity contribution is 5.75. The summed E-state index contributed by atoms with van der Waals surface area (Å²) >= 11 is 0. The van der Waals surface area contributed by atoms with E-state index < -0.39 is 0 Å². The Balaban J connectivity index is 4.20. The van der Waals surface area contributed by atoms with Crippen LogP contribution in [0.5, 0.6) is 0 Å². The Morgan fingerprint density at radius 3 is 2.28 bits per heavy atom. The fraction of sp³-hybridized carbons (Fsp3) is 0.700. The standard InChI is InChI=1S/C20H35NO4/c1-4-7-10-12-15-24-19(22)17-21(14-9-6-3)18-20(23)25-16-13-11-8-5-2/h7,10,13,16H,4-6,8-9,11-12,14-15,17-18H2,1-3H3/b10-7-,16-13?. The molecule has 0 fully saturated rings. The Morgan fingerprint density at radius 1 is 0.880 bits per heavy atom. The monoisotopic (exact) mass is 353 g/mol. The van der Waals surface area contributed by atoms with E-state index in [1.165, 1.54) is 6.26 Å². The van der Waals surface area contributed by atoms with Gasteiger partial charge in [0.05, 0.1) is 26.0 Å². The first-order valence-corrected chi connectivity index (χ1v) is 9.51. The Bertz CT molecular complexity index is 405. The number of ether oxygens (including phenoxy) is 2. The lowest BCUT2D eigenvalue weighted by molar-refractivity contribution is -0.146. The molecule has 0 atom stereocenters. The predicted molar refractivity (Wildman–Crippen MR) is 101 cm³/mol. The molecular weight excluding hydrogens is 318 g/mol. The van der Waals surface area contributed by atoms with Crippen LogP contribution >= 0.6 is 0 Å². The molecule has 0 radical (unpaired) electrons. The molecule has 5 nitrogen and oxygen atoms in total. The van der Waals surface area contributed by atoms with E-state index in [0.717, 1.165) is 44.9 Å². The Labute approximate surface area is 153 Å². The highest BCUT2D eigenvalue weighted by atomic mass is 16.5. The smallest absolute Gasteiger partial charge is 0.324 e. The number of rotatable bonds is 15. The summed E-state index contributed by atoms with van der Waals surface area (Å²) in [5.41, 5.74) is 0. The average molecular weight is 354 g/mol. The number of allylic oxidation sites excluding steroid dienone is 2. The highest BCUT2D eigenvalue weighted by Crippen LogP contribution is 2.00. The van der Waals surface area contributed by atoms with Crippen molar-refractivity contribution in [2.75, 3.05) is 26.2 Å². The van der Waals surface area contributed by atoms with Gasteiger partial charge in [-0.1, -0.05) is 45.8 Å². The maximum Gasteiger partial charge on any atom is 0.324 e. The van der Waals surface area contributed by atoms with E-state index in [2.05, 4.69) is 20.8 Å². The molecule has 0 aliphatic rings. The molecule has 0 aliphatic heterocycles. The zero-order valence-corrected chi connectivity index (χ0v) is 16.2. The third-order valence-electron chi connectivity index (χ3n) is 3.50. The minimum atomic E-state index is -0.345. The van der Waals surface area contributed by atoms with Crippen molar-refractivity contribution in [1.82, 2.24) is 4.90 Å². The number of hydrogen-bond donors (Lipinski definition) is 0. The summed E-state index contributed by atoms with van der Waals surface area (Å²) in [5, 5.41) is 0. The number of nitrogens with zero attached hydrogens (tertiary/aromatic N) is 1. The van der Waals surface area contributed by atoms with Crippen LogP contribution in [0, 0.1) is 0 Å². The van der Waals surface area contributed by atoms with Gasteiger partial charge in [0.15, 0.2) is 0 Å². The first-order valence-electron chi connectivity index (χ1n) is 9.51. The van der Waals surface area contributed by atoms with Crippen molar-refractivity contribution in [3.63, 3.8) is 0 Å². The minimum absolute atomic E-state index is 0.100. The van der Waals surface area contributed by atoms with Crippen LogP contribution in [0.1, 0.15) is 65.7 Å². The zero-order valence-electron chi connectivity index (χ0n) is 16.2. The predicted octanol–water partition coefficient (Wildman–Crippen LogP) is 4.24. The van der Waals surface area contributed by atoms with Gasteiger partial charge in [-0.05, 0) is 44.7 Å². The van der Waals surface area contributed by atoms with Crippen LogP contribution in [0.25, 0.3) is 0 Å². The van der Waals surface area contributed by atoms with Gasteiger partial charge in [0.25, 0.3) is 0 Å². The van der Waals surface area contributed by atoms with E-state index in [1.807, 2.05) is 18.2 Å². The summed E-state index contributed by atoms with van der Waals surface area (Å²) in [6.07, 6.45) is 14.1. The van der Waals surface area contributed by atoms with Crippen LogP contribution in [0.3, 0.4) is 0 Å². The Kier molecular flexibility index (Phi) is 16.1. The average Bonchev–Trinajstić information content (AvgIpc) is 2.59. The number of carbonyl (C=O) groups excluding carboxylic acids is 2. The second-order valence-electron chi connectivity index (χ2n) is 5.96. The van der Waals surface area contributed by atoms with Crippen molar-refractivity contribution in [3.05, 3.63) is 24.5 Å². The van der Waals surface area contributed by atoms with E-state index in [1.54, 1.807) is 4.90 Å². The van der Waals surface area contributed by atoms with Crippen LogP contribution in [0.15, 0.2) is 24.5 Å². The van der Waals surface area contributed by atoms with Gasteiger partial charge < -0.3 is 9.47 Å². The molecule has 0 heterocycles. The molecule has 25 heavy (non-hydrogen) atoms. The third kappa shape index (κ3) is 15.6. The third-order valence-corrected chi connectivity index (χ3v) is 3.50. The molecular formula is C20H35NO4. The Hall–Kier alpha value is -1.62. The fourth-order valence-corrected chi connectivity index (χ4v) is 2.08. The van der Waals surface area contributed by atoms with Crippen molar-refractivity contribution in [2.24, 2.45) is 0 Å². The molecule has 5 heteroatoms. The first-order chi connectivity index (χ1) is 12.1. The Morgan fingerprint density at radius 2 is 1.60 bits per heavy atom. The molecule has 0 bridgehead atoms. The van der Waals surface area contributed by atoms with Gasteiger partial charge in [-0.2, -0.15) is 0 Å². The van der Waals surface area contributed by atoms with Gasteiger partial charge in [0.1, 0.15) is 0 Å². The topological polar surface area (TPSA) is 55.8 Å². The number of hydrogen-bond acceptors (Lipinski definition) is 5. The summed E-state index contributed by atoms with van der Waals surface area (Å²) in [5.74, 6) is -0.644.